The Morgan fingerprint density at radius 1 is 0.909 bits per heavy atom. The van der Waals surface area contributed by atoms with Gasteiger partial charge >= 0.3 is 0 Å². The van der Waals surface area contributed by atoms with Crippen molar-refractivity contribution < 1.29 is 5.11 Å². The molecule has 0 amide bonds. The Hall–Kier alpha value is 0.310. The first kappa shape index (κ1) is 14.6. The van der Waals surface area contributed by atoms with Crippen molar-refractivity contribution in [2.75, 3.05) is 0 Å². The van der Waals surface area contributed by atoms with Crippen LogP contribution in [-0.4, -0.2) is 21.2 Å². The highest BCUT2D eigenvalue weighted by molar-refractivity contribution is 8.07. The zero-order valence-electron chi connectivity index (χ0n) is 14.5. The van der Waals surface area contributed by atoms with E-state index in [1.165, 1.54) is 44.9 Å². The lowest BCUT2D eigenvalue weighted by Gasteiger charge is -2.60. The standard InChI is InChI=1S/C20H32OS/c1-18-11-17-16(22-17)10-12(18)4-5-13-14(18)6-8-19(2)15(13)7-9-20(19,3)21/h12-17,21H,4-11H2,1-3H3/t12?,13?,14?,15?,16?,17?,18-,19-,20+/m0/s1. The quantitative estimate of drug-likeness (QED) is 0.642. The molecule has 1 saturated heterocycles. The summed E-state index contributed by atoms with van der Waals surface area (Å²) in [6.45, 7) is 7.22. The van der Waals surface area contributed by atoms with Gasteiger partial charge < -0.3 is 5.11 Å². The summed E-state index contributed by atoms with van der Waals surface area (Å²) < 4.78 is 0. The molecule has 4 aliphatic carbocycles. The molecule has 6 unspecified atom stereocenters. The fraction of sp³-hybridized carbons (Fsp3) is 1.00. The Kier molecular flexibility index (Phi) is 2.85. The largest absolute Gasteiger partial charge is 0.390 e. The van der Waals surface area contributed by atoms with Crippen LogP contribution in [0, 0.1) is 34.5 Å². The Balaban J connectivity index is 1.48. The van der Waals surface area contributed by atoms with Gasteiger partial charge in [0.15, 0.2) is 0 Å². The maximum absolute atomic E-state index is 11.0. The van der Waals surface area contributed by atoms with Crippen LogP contribution in [-0.2, 0) is 0 Å². The molecule has 22 heavy (non-hydrogen) atoms. The van der Waals surface area contributed by atoms with Crippen molar-refractivity contribution in [1.82, 2.24) is 0 Å². The van der Waals surface area contributed by atoms with E-state index in [4.69, 9.17) is 0 Å². The molecule has 0 aromatic rings. The molecular formula is C20H32OS. The van der Waals surface area contributed by atoms with Gasteiger partial charge in [0, 0.05) is 10.5 Å². The first-order chi connectivity index (χ1) is 10.4. The molecule has 4 saturated carbocycles. The van der Waals surface area contributed by atoms with Gasteiger partial charge in [-0.3, -0.25) is 0 Å². The molecule has 5 aliphatic rings. The minimum atomic E-state index is -0.412. The third-order valence-electron chi connectivity index (χ3n) is 9.47. The second kappa shape index (κ2) is 4.28. The third-order valence-corrected chi connectivity index (χ3v) is 10.9. The summed E-state index contributed by atoms with van der Waals surface area (Å²) in [7, 11) is 0. The molecule has 1 nitrogen and oxygen atoms in total. The van der Waals surface area contributed by atoms with Crippen molar-refractivity contribution in [3.05, 3.63) is 0 Å². The second-order valence-corrected chi connectivity index (χ2v) is 11.6. The maximum Gasteiger partial charge on any atom is 0.0675 e. The van der Waals surface area contributed by atoms with E-state index in [0.29, 0.717) is 5.41 Å². The predicted octanol–water partition coefficient (Wildman–Crippen LogP) is 4.87. The van der Waals surface area contributed by atoms with Gasteiger partial charge in [-0.1, -0.05) is 13.8 Å². The lowest BCUT2D eigenvalue weighted by molar-refractivity contribution is -0.143. The summed E-state index contributed by atoms with van der Waals surface area (Å²) in [6.07, 6.45) is 11.0. The molecule has 5 fully saturated rings. The SMILES string of the molecule is C[C@]12CC3SC3CC1CCC1C2CC[C@@]2(C)C1CC[C@@]2(C)O. The zero-order valence-corrected chi connectivity index (χ0v) is 15.3. The maximum atomic E-state index is 11.0. The zero-order chi connectivity index (χ0) is 15.3. The van der Waals surface area contributed by atoms with E-state index < -0.39 is 5.60 Å². The number of thioether (sulfide) groups is 1. The van der Waals surface area contributed by atoms with E-state index in [2.05, 4.69) is 32.5 Å². The predicted molar refractivity (Wildman–Crippen MR) is 92.9 cm³/mol. The van der Waals surface area contributed by atoms with E-state index in [9.17, 15) is 5.11 Å². The smallest absolute Gasteiger partial charge is 0.0675 e. The van der Waals surface area contributed by atoms with Crippen molar-refractivity contribution >= 4 is 11.8 Å². The summed E-state index contributed by atoms with van der Waals surface area (Å²) in [5, 5.41) is 13.0. The highest BCUT2D eigenvalue weighted by Crippen LogP contribution is 2.71. The van der Waals surface area contributed by atoms with Crippen LogP contribution in [0.3, 0.4) is 0 Å². The van der Waals surface area contributed by atoms with Crippen LogP contribution in [0.5, 0.6) is 0 Å². The van der Waals surface area contributed by atoms with Crippen molar-refractivity contribution in [3.8, 4) is 0 Å². The molecule has 0 bridgehead atoms. The van der Waals surface area contributed by atoms with Crippen LogP contribution in [0.1, 0.15) is 72.1 Å². The van der Waals surface area contributed by atoms with Gasteiger partial charge in [-0.15, -0.1) is 0 Å². The van der Waals surface area contributed by atoms with E-state index in [1.807, 2.05) is 0 Å². The van der Waals surface area contributed by atoms with Crippen molar-refractivity contribution in [2.24, 2.45) is 34.5 Å². The first-order valence-corrected chi connectivity index (χ1v) is 10.7. The van der Waals surface area contributed by atoms with Crippen LogP contribution in [0.15, 0.2) is 0 Å². The van der Waals surface area contributed by atoms with Crippen LogP contribution in [0.4, 0.5) is 0 Å². The molecule has 0 aromatic heterocycles. The van der Waals surface area contributed by atoms with Crippen molar-refractivity contribution in [3.63, 3.8) is 0 Å². The highest BCUT2D eigenvalue weighted by atomic mass is 32.2. The topological polar surface area (TPSA) is 20.2 Å². The molecule has 5 rings (SSSR count). The summed E-state index contributed by atoms with van der Waals surface area (Å²) in [5.41, 5.74) is 0.413. The molecule has 1 aliphatic heterocycles. The molecule has 0 radical (unpaired) electrons. The Morgan fingerprint density at radius 2 is 1.68 bits per heavy atom. The third kappa shape index (κ3) is 1.67. The van der Waals surface area contributed by atoms with Crippen molar-refractivity contribution in [2.45, 2.75) is 88.2 Å². The molecule has 0 spiro atoms. The number of aliphatic hydroxyl groups is 1. The number of hydrogen-bond donors (Lipinski definition) is 1. The number of hydrogen-bond acceptors (Lipinski definition) is 2. The van der Waals surface area contributed by atoms with Gasteiger partial charge in [-0.05, 0) is 92.8 Å². The Labute approximate surface area is 140 Å². The molecule has 9 atom stereocenters. The lowest BCUT2D eigenvalue weighted by Crippen LogP contribution is -2.56. The molecular weight excluding hydrogens is 288 g/mol. The van der Waals surface area contributed by atoms with Gasteiger partial charge in [-0.25, -0.2) is 0 Å². The average Bonchev–Trinajstić information content (AvgIpc) is 3.14. The Bertz CT molecular complexity index is 502. The van der Waals surface area contributed by atoms with Crippen LogP contribution in [0.2, 0.25) is 0 Å². The van der Waals surface area contributed by atoms with E-state index in [1.54, 1.807) is 0 Å². The van der Waals surface area contributed by atoms with Gasteiger partial charge in [0.1, 0.15) is 0 Å². The van der Waals surface area contributed by atoms with Gasteiger partial charge in [0.2, 0.25) is 0 Å². The van der Waals surface area contributed by atoms with Crippen LogP contribution >= 0.6 is 11.8 Å². The summed E-state index contributed by atoms with van der Waals surface area (Å²) in [6, 6.07) is 0. The Morgan fingerprint density at radius 3 is 2.50 bits per heavy atom. The normalized spacial score (nSPS) is 66.0. The van der Waals surface area contributed by atoms with Crippen LogP contribution < -0.4 is 0 Å². The molecule has 124 valence electrons. The van der Waals surface area contributed by atoms with E-state index >= 15 is 0 Å². The van der Waals surface area contributed by atoms with Crippen molar-refractivity contribution in [1.29, 1.82) is 0 Å². The molecule has 0 aromatic carbocycles. The first-order valence-electron chi connectivity index (χ1n) is 9.73. The minimum Gasteiger partial charge on any atom is -0.390 e. The van der Waals surface area contributed by atoms with E-state index in [-0.39, 0.29) is 5.41 Å². The summed E-state index contributed by atoms with van der Waals surface area (Å²) in [5.74, 6) is 3.68. The molecule has 1 heterocycles. The van der Waals surface area contributed by atoms with E-state index in [0.717, 1.165) is 40.6 Å². The molecule has 1 N–H and O–H groups in total. The van der Waals surface area contributed by atoms with Gasteiger partial charge in [-0.2, -0.15) is 11.8 Å². The highest BCUT2D eigenvalue weighted by Gasteiger charge is 2.65. The number of rotatable bonds is 0. The lowest BCUT2D eigenvalue weighted by atomic mass is 9.44. The fourth-order valence-corrected chi connectivity index (χ4v) is 9.13. The second-order valence-electron chi connectivity index (χ2n) is 10.1. The van der Waals surface area contributed by atoms with Crippen LogP contribution in [0.25, 0.3) is 0 Å². The minimum absolute atomic E-state index is 0.197. The van der Waals surface area contributed by atoms with Gasteiger partial charge in [0.25, 0.3) is 0 Å². The summed E-state index contributed by atoms with van der Waals surface area (Å²) in [4.78, 5) is 0. The fourth-order valence-electron chi connectivity index (χ4n) is 7.76. The number of fused-ring (bicyclic) bond motifs is 6. The summed E-state index contributed by atoms with van der Waals surface area (Å²) >= 11 is 2.28. The monoisotopic (exact) mass is 320 g/mol. The van der Waals surface area contributed by atoms with Gasteiger partial charge in [0.05, 0.1) is 5.60 Å². The average molecular weight is 321 g/mol. The molecule has 2 heteroatoms.